The van der Waals surface area contributed by atoms with Gasteiger partial charge < -0.3 is 24.3 Å². The zero-order chi connectivity index (χ0) is 24.8. The van der Waals surface area contributed by atoms with Crippen molar-refractivity contribution in [2.45, 2.75) is 19.1 Å². The van der Waals surface area contributed by atoms with Gasteiger partial charge in [-0.2, -0.15) is 10.1 Å². The van der Waals surface area contributed by atoms with Crippen LogP contribution in [-0.4, -0.2) is 36.1 Å². The number of nitrogens with zero attached hydrogens (tertiary/aromatic N) is 3. The summed E-state index contributed by atoms with van der Waals surface area (Å²) in [5, 5.41) is 8.12. The van der Waals surface area contributed by atoms with Crippen molar-refractivity contribution in [1.82, 2.24) is 14.8 Å². The molecule has 36 heavy (non-hydrogen) atoms. The van der Waals surface area contributed by atoms with Gasteiger partial charge in [0.15, 0.2) is 11.5 Å². The molecule has 3 heterocycles. The summed E-state index contributed by atoms with van der Waals surface area (Å²) in [6.45, 7) is 2.08. The molecule has 6 rings (SSSR count). The highest BCUT2D eigenvalue weighted by atomic mass is 16.5. The molecule has 0 saturated heterocycles. The van der Waals surface area contributed by atoms with Gasteiger partial charge in [-0.25, -0.2) is 4.68 Å². The third kappa shape index (κ3) is 3.45. The van der Waals surface area contributed by atoms with Crippen molar-refractivity contribution in [3.8, 4) is 23.0 Å². The third-order valence-electron chi connectivity index (χ3n) is 6.72. The SMILES string of the molecule is COc1ccc2c(c1)C1=C([C@H](c3ccc(C)cc3)n3ncnc3N1)[C@@H](c1ccc(OC)c(OC)c1)O2. The first kappa shape index (κ1) is 22.0. The van der Waals surface area contributed by atoms with Crippen LogP contribution < -0.4 is 24.3 Å². The Kier molecular flexibility index (Phi) is 5.29. The molecule has 1 N–H and O–H groups in total. The lowest BCUT2D eigenvalue weighted by Gasteiger charge is -2.39. The summed E-state index contributed by atoms with van der Waals surface area (Å²) in [5.74, 6) is 3.46. The van der Waals surface area contributed by atoms with Crippen LogP contribution in [0.3, 0.4) is 0 Å². The fourth-order valence-corrected chi connectivity index (χ4v) is 4.94. The number of benzene rings is 3. The van der Waals surface area contributed by atoms with E-state index in [9.17, 15) is 0 Å². The number of anilines is 1. The van der Waals surface area contributed by atoms with Gasteiger partial charge in [-0.3, -0.25) is 0 Å². The molecule has 0 radical (unpaired) electrons. The van der Waals surface area contributed by atoms with Gasteiger partial charge in [-0.1, -0.05) is 35.9 Å². The molecule has 4 aromatic rings. The summed E-state index contributed by atoms with van der Waals surface area (Å²) in [5.41, 5.74) is 6.07. The Bertz CT molecular complexity index is 1480. The van der Waals surface area contributed by atoms with Crippen molar-refractivity contribution >= 4 is 11.6 Å². The Morgan fingerprint density at radius 1 is 0.861 bits per heavy atom. The van der Waals surface area contributed by atoms with Crippen molar-refractivity contribution in [2.75, 3.05) is 26.6 Å². The number of methoxy groups -OCH3 is 3. The summed E-state index contributed by atoms with van der Waals surface area (Å²) in [6.07, 6.45) is 1.15. The minimum Gasteiger partial charge on any atom is -0.497 e. The lowest BCUT2D eigenvalue weighted by molar-refractivity contribution is 0.222. The van der Waals surface area contributed by atoms with Crippen LogP contribution in [0, 0.1) is 6.92 Å². The van der Waals surface area contributed by atoms with E-state index < -0.39 is 6.10 Å². The topological polar surface area (TPSA) is 79.7 Å². The second kappa shape index (κ2) is 8.64. The molecule has 182 valence electrons. The molecule has 0 saturated carbocycles. The summed E-state index contributed by atoms with van der Waals surface area (Å²) in [6, 6.07) is 20.0. The largest absolute Gasteiger partial charge is 0.497 e. The Morgan fingerprint density at radius 3 is 2.39 bits per heavy atom. The monoisotopic (exact) mass is 482 g/mol. The Balaban J connectivity index is 1.61. The molecule has 2 aliphatic heterocycles. The van der Waals surface area contributed by atoms with Crippen LogP contribution in [-0.2, 0) is 0 Å². The molecule has 8 nitrogen and oxygen atoms in total. The van der Waals surface area contributed by atoms with E-state index in [1.54, 1.807) is 27.7 Å². The lowest BCUT2D eigenvalue weighted by atomic mass is 9.84. The van der Waals surface area contributed by atoms with Gasteiger partial charge in [0.25, 0.3) is 0 Å². The van der Waals surface area contributed by atoms with Crippen LogP contribution in [0.5, 0.6) is 23.0 Å². The van der Waals surface area contributed by atoms with Gasteiger partial charge in [0, 0.05) is 16.7 Å². The molecule has 8 heteroatoms. The van der Waals surface area contributed by atoms with Gasteiger partial charge >= 0.3 is 0 Å². The standard InChI is InChI=1S/C28H26N4O4/c1-16-5-7-17(8-6-16)26-24-25(31-28-29-15-30-32(26)28)20-14-19(33-2)10-12-21(20)36-27(24)18-9-11-22(34-3)23(13-18)35-4/h5-15,26-27H,1-4H3,(H,29,30,31)/t26-,27+/m0/s1. The van der Waals surface area contributed by atoms with Gasteiger partial charge in [0.2, 0.25) is 5.95 Å². The van der Waals surface area contributed by atoms with Crippen LogP contribution in [0.4, 0.5) is 5.95 Å². The average molecular weight is 483 g/mol. The van der Waals surface area contributed by atoms with Gasteiger partial charge in [-0.05, 0) is 42.8 Å². The molecule has 2 aliphatic rings. The fraction of sp³-hybridized carbons (Fsp3) is 0.214. The summed E-state index contributed by atoms with van der Waals surface area (Å²) >= 11 is 0. The maximum Gasteiger partial charge on any atom is 0.226 e. The molecule has 0 spiro atoms. The van der Waals surface area contributed by atoms with E-state index in [2.05, 4.69) is 46.6 Å². The molecule has 0 unspecified atom stereocenters. The molecular weight excluding hydrogens is 456 g/mol. The maximum absolute atomic E-state index is 6.72. The Morgan fingerprint density at radius 2 is 1.64 bits per heavy atom. The second-order valence-corrected chi connectivity index (χ2v) is 8.77. The molecule has 0 amide bonds. The predicted octanol–water partition coefficient (Wildman–Crippen LogP) is 5.17. The van der Waals surface area contributed by atoms with E-state index >= 15 is 0 Å². The number of aromatic nitrogens is 3. The average Bonchev–Trinajstić information content (AvgIpc) is 3.39. The van der Waals surface area contributed by atoms with E-state index in [0.717, 1.165) is 39.5 Å². The van der Waals surface area contributed by atoms with Crippen molar-refractivity contribution in [1.29, 1.82) is 0 Å². The number of aryl methyl sites for hydroxylation is 1. The molecular formula is C28H26N4O4. The van der Waals surface area contributed by atoms with Gasteiger partial charge in [0.1, 0.15) is 30.0 Å². The molecule has 3 aromatic carbocycles. The number of nitrogens with one attached hydrogen (secondary N) is 1. The quantitative estimate of drug-likeness (QED) is 0.420. The number of hydrogen-bond acceptors (Lipinski definition) is 7. The van der Waals surface area contributed by atoms with Gasteiger partial charge in [-0.15, -0.1) is 0 Å². The first-order chi connectivity index (χ1) is 17.6. The van der Waals surface area contributed by atoms with Crippen molar-refractivity contribution in [3.05, 3.63) is 94.8 Å². The number of ether oxygens (including phenoxy) is 4. The van der Waals surface area contributed by atoms with Crippen molar-refractivity contribution in [3.63, 3.8) is 0 Å². The van der Waals surface area contributed by atoms with E-state index in [0.29, 0.717) is 17.4 Å². The third-order valence-corrected chi connectivity index (χ3v) is 6.72. The van der Waals surface area contributed by atoms with E-state index in [4.69, 9.17) is 18.9 Å². The highest BCUT2D eigenvalue weighted by Gasteiger charge is 2.41. The fourth-order valence-electron chi connectivity index (χ4n) is 4.94. The smallest absolute Gasteiger partial charge is 0.226 e. The minimum absolute atomic E-state index is 0.239. The highest BCUT2D eigenvalue weighted by Crippen LogP contribution is 2.51. The zero-order valence-corrected chi connectivity index (χ0v) is 20.5. The Hall–Kier alpha value is -4.46. The molecule has 0 aliphatic carbocycles. The number of rotatable bonds is 5. The number of hydrogen-bond donors (Lipinski definition) is 1. The first-order valence-corrected chi connectivity index (χ1v) is 11.7. The van der Waals surface area contributed by atoms with Crippen LogP contribution in [0.25, 0.3) is 5.70 Å². The van der Waals surface area contributed by atoms with Crippen molar-refractivity contribution < 1.29 is 18.9 Å². The highest BCUT2D eigenvalue weighted by molar-refractivity contribution is 5.85. The molecule has 0 bridgehead atoms. The first-order valence-electron chi connectivity index (χ1n) is 11.7. The van der Waals surface area contributed by atoms with Crippen LogP contribution in [0.1, 0.15) is 34.4 Å². The Labute approximate surface area is 209 Å². The van der Waals surface area contributed by atoms with Crippen LogP contribution in [0.2, 0.25) is 0 Å². The van der Waals surface area contributed by atoms with Gasteiger partial charge in [0.05, 0.1) is 27.0 Å². The minimum atomic E-state index is -0.420. The van der Waals surface area contributed by atoms with Crippen LogP contribution >= 0.6 is 0 Å². The lowest BCUT2D eigenvalue weighted by Crippen LogP contribution is -2.32. The van der Waals surface area contributed by atoms with Crippen LogP contribution in [0.15, 0.2) is 72.6 Å². The predicted molar refractivity (Wildman–Crippen MR) is 136 cm³/mol. The molecule has 2 atom stereocenters. The normalized spacial score (nSPS) is 17.8. The second-order valence-electron chi connectivity index (χ2n) is 8.77. The zero-order valence-electron chi connectivity index (χ0n) is 20.5. The van der Waals surface area contributed by atoms with Crippen molar-refractivity contribution in [2.24, 2.45) is 0 Å². The number of fused-ring (bicyclic) bond motifs is 3. The summed E-state index contributed by atoms with van der Waals surface area (Å²) in [4.78, 5) is 4.50. The van der Waals surface area contributed by atoms with E-state index in [1.807, 2.05) is 41.1 Å². The summed E-state index contributed by atoms with van der Waals surface area (Å²) in [7, 11) is 4.92. The maximum atomic E-state index is 6.72. The van der Waals surface area contributed by atoms with E-state index in [1.165, 1.54) is 5.56 Å². The molecule has 1 aromatic heterocycles. The summed E-state index contributed by atoms with van der Waals surface area (Å²) < 4.78 is 25.3. The molecule has 0 fully saturated rings. The van der Waals surface area contributed by atoms with E-state index in [-0.39, 0.29) is 6.04 Å².